The lowest BCUT2D eigenvalue weighted by Crippen LogP contribution is -2.30. The van der Waals surface area contributed by atoms with Gasteiger partial charge in [0.15, 0.2) is 0 Å². The number of benzene rings is 4. The minimum atomic E-state index is -0.121. The van der Waals surface area contributed by atoms with Crippen LogP contribution in [0.1, 0.15) is 279 Å². The van der Waals surface area contributed by atoms with Crippen molar-refractivity contribution in [3.05, 3.63) is 188 Å². The number of nitrogens with zero attached hydrogens (tertiary/aromatic N) is 2. The maximum Gasteiger partial charge on any atom is 0.261 e. The third-order valence-corrected chi connectivity index (χ3v) is 28.6. The summed E-state index contributed by atoms with van der Waals surface area (Å²) in [5, 5.41) is 2.17. The molecule has 0 N–H and O–H groups in total. The van der Waals surface area contributed by atoms with E-state index < -0.39 is 0 Å². The number of fused-ring (bicyclic) bond motifs is 7. The molecular weight excluding hydrogens is 1330 g/mol. The highest BCUT2D eigenvalue weighted by Crippen LogP contribution is 2.59. The molecule has 7 heterocycles. The number of carbonyl (C=O) groups excluding carboxylic acids is 2. The molecule has 0 saturated heterocycles. The van der Waals surface area contributed by atoms with Gasteiger partial charge in [-0.3, -0.25) is 9.59 Å². The maximum atomic E-state index is 16.0. The summed E-state index contributed by atoms with van der Waals surface area (Å²) in [4.78, 5) is 47.2. The van der Waals surface area contributed by atoms with Gasteiger partial charge in [0, 0.05) is 58.1 Å². The van der Waals surface area contributed by atoms with Crippen molar-refractivity contribution in [3.63, 3.8) is 0 Å². The summed E-state index contributed by atoms with van der Waals surface area (Å²) < 4.78 is 0. The molecule has 2 aliphatic heterocycles. The molecule has 0 unspecified atom stereocenters. The van der Waals surface area contributed by atoms with Gasteiger partial charge in [0.1, 0.15) is 0 Å². The van der Waals surface area contributed by atoms with E-state index in [0.29, 0.717) is 24.2 Å². The molecule has 9 heteroatoms. The molecule has 4 aromatic carbocycles. The predicted molar refractivity (Wildman–Crippen MR) is 441 cm³/mol. The number of thiophene rings is 5. The molecule has 0 saturated carbocycles. The zero-order chi connectivity index (χ0) is 69.7. The second-order valence-corrected chi connectivity index (χ2v) is 35.0. The van der Waals surface area contributed by atoms with Gasteiger partial charge in [-0.25, -0.2) is 0 Å². The molecule has 5 aromatic heterocycles. The van der Waals surface area contributed by atoms with Gasteiger partial charge in [-0.15, -0.1) is 56.7 Å². The quantitative estimate of drug-likeness (QED) is 0.0358. The first-order chi connectivity index (χ1) is 49.7. The number of amides is 2. The highest BCUT2D eigenvalue weighted by atomic mass is 32.1. The number of hydrogen-bond acceptors (Lipinski definition) is 7. The lowest BCUT2D eigenvalue weighted by molar-refractivity contribution is -0.124. The van der Waals surface area contributed by atoms with E-state index in [9.17, 15) is 0 Å². The van der Waals surface area contributed by atoms with E-state index in [1.807, 2.05) is 34.0 Å². The van der Waals surface area contributed by atoms with Gasteiger partial charge in [0.25, 0.3) is 11.8 Å². The molecule has 101 heavy (non-hydrogen) atoms. The molecule has 2 amide bonds. The normalized spacial score (nSPS) is 14.9. The van der Waals surface area contributed by atoms with Crippen LogP contribution in [0.5, 0.6) is 0 Å². The Kier molecular flexibility index (Phi) is 25.0. The second-order valence-electron chi connectivity index (χ2n) is 29.8. The van der Waals surface area contributed by atoms with Crippen molar-refractivity contribution in [3.8, 4) is 73.1 Å². The van der Waals surface area contributed by atoms with Crippen LogP contribution in [0.25, 0.3) is 84.5 Å². The SMILES string of the molecule is CCCCCCCCN1C(=O)C2=C(c3ccc(-c4ccc5c(c4)C(CCCCCC)(CCCCCC)c4cc(-c6ccc(-c7ccc(-c8cccs8)s7)s6)ccc4-5)s3)N(CCCCCCCC)C(=O)C2=C1c1ccc(-c2ccc3c(c2)C(CCCCCC)(CCCCCC)c2ccccc2-3)s1. The number of carbonyl (C=O) groups is 2. The second kappa shape index (κ2) is 34.6. The summed E-state index contributed by atoms with van der Waals surface area (Å²) in [5.74, 6) is -0.0136. The molecule has 0 radical (unpaired) electrons. The van der Waals surface area contributed by atoms with Gasteiger partial charge in [-0.2, -0.15) is 0 Å². The van der Waals surface area contributed by atoms with Crippen LogP contribution in [0.15, 0.2) is 156 Å². The fourth-order valence-corrected chi connectivity index (χ4v) is 22.5. The lowest BCUT2D eigenvalue weighted by Gasteiger charge is -2.33. The van der Waals surface area contributed by atoms with E-state index in [-0.39, 0.29) is 22.6 Å². The molecule has 2 aliphatic carbocycles. The first-order valence-electron chi connectivity index (χ1n) is 39.8. The number of hydrogen-bond donors (Lipinski definition) is 0. The van der Waals surface area contributed by atoms with Crippen LogP contribution in [0, 0.1) is 0 Å². The van der Waals surface area contributed by atoms with Gasteiger partial charge in [0.05, 0.1) is 32.3 Å². The van der Waals surface area contributed by atoms with Crippen molar-refractivity contribution >= 4 is 79.9 Å². The molecule has 13 rings (SSSR count). The van der Waals surface area contributed by atoms with Gasteiger partial charge in [0.2, 0.25) is 0 Å². The lowest BCUT2D eigenvalue weighted by atomic mass is 9.70. The van der Waals surface area contributed by atoms with Gasteiger partial charge in [-0.05, 0) is 178 Å². The first-order valence-corrected chi connectivity index (χ1v) is 43.9. The van der Waals surface area contributed by atoms with Crippen molar-refractivity contribution in [1.29, 1.82) is 0 Å². The fraction of sp³-hybridized carbons (Fsp3) is 0.457. The summed E-state index contributed by atoms with van der Waals surface area (Å²) in [5.41, 5.74) is 18.1. The van der Waals surface area contributed by atoms with E-state index >= 15 is 9.59 Å². The molecule has 4 nitrogen and oxygen atoms in total. The highest BCUT2D eigenvalue weighted by molar-refractivity contribution is 7.27. The van der Waals surface area contributed by atoms with Crippen LogP contribution in [0.4, 0.5) is 0 Å². The molecule has 0 spiro atoms. The van der Waals surface area contributed by atoms with Crippen molar-refractivity contribution in [2.24, 2.45) is 0 Å². The Morgan fingerprint density at radius 3 is 1.00 bits per heavy atom. The number of unbranched alkanes of at least 4 members (excludes halogenated alkanes) is 22. The maximum absolute atomic E-state index is 16.0. The Bertz CT molecular complexity index is 4300. The van der Waals surface area contributed by atoms with E-state index in [0.717, 1.165) is 72.5 Å². The molecule has 0 bridgehead atoms. The van der Waals surface area contributed by atoms with Crippen LogP contribution >= 0.6 is 56.7 Å². The van der Waals surface area contributed by atoms with E-state index in [2.05, 4.69) is 196 Å². The Balaban J connectivity index is 0.882. The highest BCUT2D eigenvalue weighted by Gasteiger charge is 2.50. The van der Waals surface area contributed by atoms with Gasteiger partial charge >= 0.3 is 0 Å². The standard InChI is InChI=1S/C92H110N2O2S5/c1-7-13-19-25-27-35-59-93-87(83-53-48-77(99-83)66-41-44-69-68-38-29-30-39-72(68)91(73(69)62-66,55-31-21-15-9-3)56-32-22-16-10-4)85-86(90(93)96)88(94(89(85)95)60-36-28-26-20-14-8-2)84-54-49-78(100-84)67-43-46-71-70-45-42-65(76-47-50-81(98-76)82-52-51-80(101-82)79-40-37-61-97-79)63-74(70)92(75(71)64-67,57-33-23-17-11-5)58-34-24-18-12-6/h29-30,37-54,61-64H,7-28,31-36,55-60H2,1-6H3. The smallest absolute Gasteiger partial charge is 0.261 e. The predicted octanol–water partition coefficient (Wildman–Crippen LogP) is 29.3. The minimum Gasteiger partial charge on any atom is -0.306 e. The Labute approximate surface area is 626 Å². The first kappa shape index (κ1) is 73.1. The number of rotatable bonds is 41. The summed E-state index contributed by atoms with van der Waals surface area (Å²) >= 11 is 9.19. The third-order valence-electron chi connectivity index (χ3n) is 22.9. The molecule has 9 aromatic rings. The van der Waals surface area contributed by atoms with E-state index in [1.54, 1.807) is 22.7 Å². The average Bonchev–Trinajstić information content (AvgIpc) is 1.57. The van der Waals surface area contributed by atoms with E-state index in [4.69, 9.17) is 0 Å². The average molecular weight is 1440 g/mol. The molecule has 530 valence electrons. The largest absolute Gasteiger partial charge is 0.306 e. The summed E-state index contributed by atoms with van der Waals surface area (Å²) in [6.45, 7) is 15.1. The molecule has 4 aliphatic rings. The molecule has 0 fully saturated rings. The van der Waals surface area contributed by atoms with Crippen LogP contribution in [-0.2, 0) is 20.4 Å². The van der Waals surface area contributed by atoms with Crippen molar-refractivity contribution in [2.75, 3.05) is 13.1 Å². The summed E-state index contributed by atoms with van der Waals surface area (Å²) in [7, 11) is 0. The minimum absolute atomic E-state index is 0.00680. The molecule has 0 atom stereocenters. The van der Waals surface area contributed by atoms with E-state index in [1.165, 1.54) is 249 Å². The molecular formula is C92H110N2O2S5. The van der Waals surface area contributed by atoms with Crippen molar-refractivity contribution < 1.29 is 9.59 Å². The Hall–Kier alpha value is -6.20. The van der Waals surface area contributed by atoms with Gasteiger partial charge in [-0.1, -0.05) is 275 Å². The third kappa shape index (κ3) is 15.4. The fourth-order valence-electron chi connectivity index (χ4n) is 17.5. The monoisotopic (exact) mass is 1430 g/mol. The van der Waals surface area contributed by atoms with Crippen LogP contribution in [0.2, 0.25) is 0 Å². The summed E-state index contributed by atoms with van der Waals surface area (Å²) in [6.07, 6.45) is 37.9. The Morgan fingerprint density at radius 2 is 0.604 bits per heavy atom. The Morgan fingerprint density at radius 1 is 0.287 bits per heavy atom. The topological polar surface area (TPSA) is 40.6 Å². The summed E-state index contributed by atoms with van der Waals surface area (Å²) in [6, 6.07) is 54.3. The zero-order valence-electron chi connectivity index (χ0n) is 61.7. The van der Waals surface area contributed by atoms with Crippen molar-refractivity contribution in [1.82, 2.24) is 9.80 Å². The van der Waals surface area contributed by atoms with Gasteiger partial charge < -0.3 is 9.80 Å². The zero-order valence-corrected chi connectivity index (χ0v) is 65.7. The van der Waals surface area contributed by atoms with Crippen LogP contribution in [-0.4, -0.2) is 34.7 Å². The van der Waals surface area contributed by atoms with Crippen LogP contribution < -0.4 is 0 Å². The van der Waals surface area contributed by atoms with Crippen molar-refractivity contribution in [2.45, 2.75) is 258 Å². The van der Waals surface area contributed by atoms with Crippen LogP contribution in [0.3, 0.4) is 0 Å².